The number of carbonyl (C=O) groups excluding carboxylic acids is 2. The van der Waals surface area contributed by atoms with Crippen LogP contribution in [0.3, 0.4) is 0 Å². The Kier molecular flexibility index (Phi) is 4.89. The van der Waals surface area contributed by atoms with E-state index in [1.165, 1.54) is 6.39 Å². The van der Waals surface area contributed by atoms with Crippen LogP contribution < -0.4 is 5.32 Å². The van der Waals surface area contributed by atoms with Crippen LogP contribution in [-0.4, -0.2) is 23.5 Å². The third kappa shape index (κ3) is 3.74. The number of anilines is 1. The topological polar surface area (TPSA) is 81.4 Å². The molecule has 0 aliphatic carbocycles. The summed E-state index contributed by atoms with van der Waals surface area (Å²) >= 11 is 0. The molecule has 1 N–H and O–H groups in total. The van der Waals surface area contributed by atoms with Crippen molar-refractivity contribution >= 4 is 17.6 Å². The van der Waals surface area contributed by atoms with Gasteiger partial charge in [-0.05, 0) is 31.2 Å². The molecule has 2 aromatic carbocycles. The molecule has 126 valence electrons. The smallest absolute Gasteiger partial charge is 0.338 e. The first kappa shape index (κ1) is 16.4. The van der Waals surface area contributed by atoms with Crippen LogP contribution in [0.2, 0.25) is 0 Å². The van der Waals surface area contributed by atoms with Gasteiger partial charge in [-0.15, -0.1) is 0 Å². The molecule has 25 heavy (non-hydrogen) atoms. The summed E-state index contributed by atoms with van der Waals surface area (Å²) in [7, 11) is 0. The van der Waals surface area contributed by atoms with Gasteiger partial charge in [0.1, 0.15) is 0 Å². The quantitative estimate of drug-likeness (QED) is 0.717. The van der Waals surface area contributed by atoms with Gasteiger partial charge < -0.3 is 14.5 Å². The summed E-state index contributed by atoms with van der Waals surface area (Å²) in [4.78, 5) is 28.1. The zero-order chi connectivity index (χ0) is 17.6. The molecule has 6 nitrogen and oxygen atoms in total. The molecular weight excluding hydrogens is 320 g/mol. The van der Waals surface area contributed by atoms with Crippen molar-refractivity contribution in [1.82, 2.24) is 4.98 Å². The number of rotatable bonds is 5. The molecule has 0 unspecified atom stereocenters. The molecule has 0 bridgehead atoms. The van der Waals surface area contributed by atoms with Crippen LogP contribution in [0, 0.1) is 0 Å². The molecule has 3 aromatic rings. The Balaban J connectivity index is 1.75. The number of amides is 1. The van der Waals surface area contributed by atoms with E-state index in [2.05, 4.69) is 10.3 Å². The second kappa shape index (κ2) is 7.44. The predicted molar refractivity (Wildman–Crippen MR) is 92.3 cm³/mol. The van der Waals surface area contributed by atoms with E-state index >= 15 is 0 Å². The zero-order valence-corrected chi connectivity index (χ0v) is 13.6. The first-order valence-electron chi connectivity index (χ1n) is 7.76. The van der Waals surface area contributed by atoms with Gasteiger partial charge in [-0.2, -0.15) is 0 Å². The number of hydrogen-bond acceptors (Lipinski definition) is 5. The van der Waals surface area contributed by atoms with Gasteiger partial charge in [-0.25, -0.2) is 9.78 Å². The number of benzene rings is 2. The molecule has 0 saturated carbocycles. The Hall–Kier alpha value is -3.41. The molecule has 0 aliphatic rings. The van der Waals surface area contributed by atoms with Crippen molar-refractivity contribution in [3.63, 3.8) is 0 Å². The van der Waals surface area contributed by atoms with Crippen molar-refractivity contribution in [2.75, 3.05) is 11.9 Å². The Bertz CT molecular complexity index is 870. The van der Waals surface area contributed by atoms with Gasteiger partial charge in [0.25, 0.3) is 5.91 Å². The van der Waals surface area contributed by atoms with Crippen molar-refractivity contribution in [3.05, 3.63) is 72.2 Å². The van der Waals surface area contributed by atoms with E-state index in [0.717, 1.165) is 5.56 Å². The number of nitrogens with one attached hydrogen (secondary N) is 1. The van der Waals surface area contributed by atoms with Crippen LogP contribution in [0.25, 0.3) is 11.3 Å². The molecule has 1 heterocycles. The Labute approximate surface area is 144 Å². The highest BCUT2D eigenvalue weighted by Gasteiger charge is 2.18. The van der Waals surface area contributed by atoms with Crippen LogP contribution in [0.4, 0.5) is 5.69 Å². The predicted octanol–water partition coefficient (Wildman–Crippen LogP) is 3.77. The zero-order valence-electron chi connectivity index (χ0n) is 13.6. The molecule has 0 aliphatic heterocycles. The highest BCUT2D eigenvalue weighted by molar-refractivity contribution is 6.06. The summed E-state index contributed by atoms with van der Waals surface area (Å²) in [5.41, 5.74) is 1.93. The number of oxazole rings is 1. The van der Waals surface area contributed by atoms with Gasteiger partial charge in [-0.3, -0.25) is 4.79 Å². The van der Waals surface area contributed by atoms with E-state index < -0.39 is 11.9 Å². The lowest BCUT2D eigenvalue weighted by molar-refractivity contribution is 0.0526. The minimum atomic E-state index is -0.400. The standard InChI is InChI=1S/C19H16N2O4/c1-2-24-19(23)14-8-10-15(11-9-14)21-18(22)16-17(25-12-20-16)13-6-4-3-5-7-13/h3-12H,2H2,1H3,(H,21,22). The van der Waals surface area contributed by atoms with Crippen LogP contribution in [0.15, 0.2) is 65.4 Å². The highest BCUT2D eigenvalue weighted by atomic mass is 16.5. The molecule has 0 fully saturated rings. The number of nitrogens with zero attached hydrogens (tertiary/aromatic N) is 1. The van der Waals surface area contributed by atoms with Crippen LogP contribution in [0.5, 0.6) is 0 Å². The number of aromatic nitrogens is 1. The lowest BCUT2D eigenvalue weighted by Gasteiger charge is -2.06. The van der Waals surface area contributed by atoms with E-state index in [-0.39, 0.29) is 5.69 Å². The summed E-state index contributed by atoms with van der Waals surface area (Å²) in [5.74, 6) is -0.388. The van der Waals surface area contributed by atoms with Crippen molar-refractivity contribution in [1.29, 1.82) is 0 Å². The lowest BCUT2D eigenvalue weighted by atomic mass is 10.1. The summed E-state index contributed by atoms with van der Waals surface area (Å²) in [6.45, 7) is 2.06. The lowest BCUT2D eigenvalue weighted by Crippen LogP contribution is -2.13. The summed E-state index contributed by atoms with van der Waals surface area (Å²) in [6.07, 6.45) is 1.24. The number of esters is 1. The van der Waals surface area contributed by atoms with E-state index in [0.29, 0.717) is 23.6 Å². The van der Waals surface area contributed by atoms with E-state index in [1.54, 1.807) is 31.2 Å². The van der Waals surface area contributed by atoms with Gasteiger partial charge in [0.05, 0.1) is 12.2 Å². The maximum absolute atomic E-state index is 12.5. The molecule has 0 saturated heterocycles. The minimum absolute atomic E-state index is 0.195. The number of carbonyl (C=O) groups is 2. The van der Waals surface area contributed by atoms with Gasteiger partial charge in [-0.1, -0.05) is 30.3 Å². The van der Waals surface area contributed by atoms with Gasteiger partial charge in [0.2, 0.25) is 0 Å². The third-order valence-electron chi connectivity index (χ3n) is 3.47. The fourth-order valence-electron chi connectivity index (χ4n) is 2.30. The molecule has 1 amide bonds. The molecule has 0 spiro atoms. The Morgan fingerprint density at radius 3 is 2.48 bits per heavy atom. The average Bonchev–Trinajstić information content (AvgIpc) is 3.13. The molecule has 0 atom stereocenters. The Morgan fingerprint density at radius 1 is 1.08 bits per heavy atom. The number of hydrogen-bond donors (Lipinski definition) is 1. The molecule has 3 rings (SSSR count). The SMILES string of the molecule is CCOC(=O)c1ccc(NC(=O)c2ncoc2-c2ccccc2)cc1. The minimum Gasteiger partial charge on any atom is -0.462 e. The van der Waals surface area contributed by atoms with Gasteiger partial charge in [0.15, 0.2) is 17.8 Å². The van der Waals surface area contributed by atoms with Gasteiger partial charge in [0, 0.05) is 11.3 Å². The van der Waals surface area contributed by atoms with E-state index in [9.17, 15) is 9.59 Å². The van der Waals surface area contributed by atoms with Crippen molar-refractivity contribution in [2.45, 2.75) is 6.92 Å². The monoisotopic (exact) mass is 336 g/mol. The summed E-state index contributed by atoms with van der Waals surface area (Å²) in [5, 5.41) is 2.74. The third-order valence-corrected chi connectivity index (χ3v) is 3.47. The Morgan fingerprint density at radius 2 is 1.80 bits per heavy atom. The highest BCUT2D eigenvalue weighted by Crippen LogP contribution is 2.23. The summed E-state index contributed by atoms with van der Waals surface area (Å²) in [6, 6.07) is 15.7. The second-order valence-corrected chi connectivity index (χ2v) is 5.15. The molecule has 1 aromatic heterocycles. The van der Waals surface area contributed by atoms with Gasteiger partial charge >= 0.3 is 5.97 Å². The largest absolute Gasteiger partial charge is 0.462 e. The number of ether oxygens (including phenoxy) is 1. The first-order chi connectivity index (χ1) is 12.2. The maximum atomic E-state index is 12.5. The van der Waals surface area contributed by atoms with Crippen molar-refractivity contribution < 1.29 is 18.7 Å². The fraction of sp³-hybridized carbons (Fsp3) is 0.105. The van der Waals surface area contributed by atoms with Crippen molar-refractivity contribution in [2.24, 2.45) is 0 Å². The average molecular weight is 336 g/mol. The van der Waals surface area contributed by atoms with Crippen LogP contribution in [0.1, 0.15) is 27.8 Å². The summed E-state index contributed by atoms with van der Waals surface area (Å²) < 4.78 is 10.3. The molecule has 6 heteroatoms. The van der Waals surface area contributed by atoms with Crippen molar-refractivity contribution in [3.8, 4) is 11.3 Å². The molecular formula is C19H16N2O4. The van der Waals surface area contributed by atoms with E-state index in [1.807, 2.05) is 30.3 Å². The first-order valence-corrected chi connectivity index (χ1v) is 7.76. The normalized spacial score (nSPS) is 10.3. The second-order valence-electron chi connectivity index (χ2n) is 5.15. The molecule has 0 radical (unpaired) electrons. The maximum Gasteiger partial charge on any atom is 0.338 e. The van der Waals surface area contributed by atoms with Crippen LogP contribution in [-0.2, 0) is 4.74 Å². The van der Waals surface area contributed by atoms with E-state index in [4.69, 9.17) is 9.15 Å². The van der Waals surface area contributed by atoms with Crippen LogP contribution >= 0.6 is 0 Å². The fourth-order valence-corrected chi connectivity index (χ4v) is 2.30.